The minimum Gasteiger partial charge on any atom is -0.485 e. The van der Waals surface area contributed by atoms with Crippen LogP contribution < -0.4 is 14.8 Å². The standard InChI is InChI=1S/C22H26N2O3/c25-22(24-18-10-11-19(24)14-23-13-12-18)16-27-21-9-5-4-8-20(21)26-15-17-6-2-1-3-7-17/h1-9,18-19,23H,10-16H2. The molecule has 5 nitrogen and oxygen atoms in total. The summed E-state index contributed by atoms with van der Waals surface area (Å²) in [6, 6.07) is 18.2. The fraction of sp³-hybridized carbons (Fsp3) is 0.409. The van der Waals surface area contributed by atoms with Gasteiger partial charge in [0, 0.05) is 18.6 Å². The van der Waals surface area contributed by atoms with Crippen LogP contribution in [0.15, 0.2) is 54.6 Å². The van der Waals surface area contributed by atoms with E-state index in [4.69, 9.17) is 9.47 Å². The van der Waals surface area contributed by atoms with Crippen molar-refractivity contribution in [3.05, 3.63) is 60.2 Å². The number of ether oxygens (including phenoxy) is 2. The zero-order valence-electron chi connectivity index (χ0n) is 15.5. The summed E-state index contributed by atoms with van der Waals surface area (Å²) >= 11 is 0. The second kappa shape index (κ2) is 8.44. The second-order valence-electron chi connectivity index (χ2n) is 7.19. The number of fused-ring (bicyclic) bond motifs is 2. The normalized spacial score (nSPS) is 21.6. The van der Waals surface area contributed by atoms with Crippen molar-refractivity contribution in [1.29, 1.82) is 0 Å². The summed E-state index contributed by atoms with van der Waals surface area (Å²) in [5.74, 6) is 1.35. The molecular formula is C22H26N2O3. The number of carbonyl (C=O) groups excluding carboxylic acids is 1. The molecular weight excluding hydrogens is 340 g/mol. The molecule has 0 saturated carbocycles. The minimum atomic E-state index is 0.0543. The summed E-state index contributed by atoms with van der Waals surface area (Å²) in [5, 5.41) is 3.42. The predicted molar refractivity (Wildman–Crippen MR) is 104 cm³/mol. The molecule has 4 rings (SSSR count). The van der Waals surface area contributed by atoms with Gasteiger partial charge in [0.25, 0.3) is 5.91 Å². The summed E-state index contributed by atoms with van der Waals surface area (Å²) in [7, 11) is 0. The highest BCUT2D eigenvalue weighted by atomic mass is 16.5. The number of carbonyl (C=O) groups is 1. The number of para-hydroxylation sites is 2. The van der Waals surface area contributed by atoms with Crippen molar-refractivity contribution in [3.8, 4) is 11.5 Å². The number of hydrogen-bond acceptors (Lipinski definition) is 4. The maximum Gasteiger partial charge on any atom is 0.261 e. The Labute approximate surface area is 160 Å². The first-order valence-electron chi connectivity index (χ1n) is 9.71. The smallest absolute Gasteiger partial charge is 0.261 e. The van der Waals surface area contributed by atoms with E-state index in [2.05, 4.69) is 5.32 Å². The molecule has 142 valence electrons. The van der Waals surface area contributed by atoms with Crippen molar-refractivity contribution in [3.63, 3.8) is 0 Å². The molecule has 1 N–H and O–H groups in total. The maximum atomic E-state index is 12.8. The molecule has 2 aromatic rings. The summed E-state index contributed by atoms with van der Waals surface area (Å²) in [5.41, 5.74) is 1.09. The van der Waals surface area contributed by atoms with Gasteiger partial charge >= 0.3 is 0 Å². The van der Waals surface area contributed by atoms with Crippen LogP contribution in [0, 0.1) is 0 Å². The molecule has 1 amide bonds. The van der Waals surface area contributed by atoms with Crippen molar-refractivity contribution in [1.82, 2.24) is 10.2 Å². The third-order valence-electron chi connectivity index (χ3n) is 5.38. The lowest BCUT2D eigenvalue weighted by Crippen LogP contribution is -2.44. The van der Waals surface area contributed by atoms with Crippen LogP contribution in [-0.2, 0) is 11.4 Å². The van der Waals surface area contributed by atoms with E-state index in [-0.39, 0.29) is 12.5 Å². The summed E-state index contributed by atoms with van der Waals surface area (Å²) in [4.78, 5) is 14.9. The Bertz CT molecular complexity index is 751. The Morgan fingerprint density at radius 3 is 2.44 bits per heavy atom. The van der Waals surface area contributed by atoms with Gasteiger partial charge in [-0.3, -0.25) is 4.79 Å². The first-order valence-corrected chi connectivity index (χ1v) is 9.71. The van der Waals surface area contributed by atoms with E-state index in [0.717, 1.165) is 37.9 Å². The third-order valence-corrected chi connectivity index (χ3v) is 5.38. The fourth-order valence-electron chi connectivity index (χ4n) is 4.03. The Hall–Kier alpha value is -2.53. The molecule has 0 spiro atoms. The lowest BCUT2D eigenvalue weighted by molar-refractivity contribution is -0.136. The van der Waals surface area contributed by atoms with E-state index in [1.54, 1.807) is 0 Å². The molecule has 2 aromatic carbocycles. The highest BCUT2D eigenvalue weighted by molar-refractivity contribution is 5.79. The fourth-order valence-corrected chi connectivity index (χ4v) is 4.03. The summed E-state index contributed by atoms with van der Waals surface area (Å²) in [6.45, 7) is 2.40. The second-order valence-corrected chi connectivity index (χ2v) is 7.19. The minimum absolute atomic E-state index is 0.0543. The van der Waals surface area contributed by atoms with Crippen LogP contribution in [0.2, 0.25) is 0 Å². The van der Waals surface area contributed by atoms with Crippen LogP contribution in [0.25, 0.3) is 0 Å². The average molecular weight is 366 g/mol. The molecule has 0 aliphatic carbocycles. The highest BCUT2D eigenvalue weighted by Crippen LogP contribution is 2.30. The van der Waals surface area contributed by atoms with Crippen LogP contribution in [0.3, 0.4) is 0 Å². The van der Waals surface area contributed by atoms with Gasteiger partial charge in [0.2, 0.25) is 0 Å². The van der Waals surface area contributed by atoms with Gasteiger partial charge in [-0.05, 0) is 43.5 Å². The summed E-state index contributed by atoms with van der Waals surface area (Å²) in [6.07, 6.45) is 3.22. The Morgan fingerprint density at radius 1 is 0.926 bits per heavy atom. The molecule has 2 fully saturated rings. The van der Waals surface area contributed by atoms with E-state index in [0.29, 0.717) is 30.2 Å². The molecule has 2 atom stereocenters. The van der Waals surface area contributed by atoms with Crippen molar-refractivity contribution in [2.75, 3.05) is 19.7 Å². The van der Waals surface area contributed by atoms with Crippen molar-refractivity contribution in [2.45, 2.75) is 38.0 Å². The van der Waals surface area contributed by atoms with Crippen molar-refractivity contribution < 1.29 is 14.3 Å². The number of amides is 1. The van der Waals surface area contributed by atoms with Crippen molar-refractivity contribution >= 4 is 5.91 Å². The molecule has 5 heteroatoms. The van der Waals surface area contributed by atoms with E-state index >= 15 is 0 Å². The van der Waals surface area contributed by atoms with E-state index in [9.17, 15) is 4.79 Å². The van der Waals surface area contributed by atoms with E-state index in [1.165, 1.54) is 0 Å². The van der Waals surface area contributed by atoms with E-state index < -0.39 is 0 Å². The highest BCUT2D eigenvalue weighted by Gasteiger charge is 2.37. The first-order chi connectivity index (χ1) is 13.3. The topological polar surface area (TPSA) is 50.8 Å². The number of hydrogen-bond donors (Lipinski definition) is 1. The van der Waals surface area contributed by atoms with Gasteiger partial charge < -0.3 is 19.7 Å². The largest absolute Gasteiger partial charge is 0.485 e. The molecule has 2 saturated heterocycles. The van der Waals surface area contributed by atoms with Crippen molar-refractivity contribution in [2.24, 2.45) is 0 Å². The average Bonchev–Trinajstić information content (AvgIpc) is 2.98. The first kappa shape index (κ1) is 17.9. The van der Waals surface area contributed by atoms with Gasteiger partial charge in [-0.2, -0.15) is 0 Å². The zero-order chi connectivity index (χ0) is 18.5. The maximum absolute atomic E-state index is 12.8. The lowest BCUT2D eigenvalue weighted by atomic mass is 10.1. The molecule has 2 bridgehead atoms. The quantitative estimate of drug-likeness (QED) is 0.854. The molecule has 27 heavy (non-hydrogen) atoms. The van der Waals surface area contributed by atoms with Crippen LogP contribution >= 0.6 is 0 Å². The van der Waals surface area contributed by atoms with Gasteiger partial charge in [-0.1, -0.05) is 42.5 Å². The molecule has 0 aromatic heterocycles. The van der Waals surface area contributed by atoms with Gasteiger partial charge in [0.15, 0.2) is 18.1 Å². The van der Waals surface area contributed by atoms with E-state index in [1.807, 2.05) is 59.5 Å². The number of nitrogens with one attached hydrogen (secondary N) is 1. The Kier molecular flexibility index (Phi) is 5.58. The molecule has 2 aliphatic rings. The summed E-state index contributed by atoms with van der Waals surface area (Å²) < 4.78 is 11.8. The SMILES string of the molecule is O=C(COc1ccccc1OCc1ccccc1)N1C2CCNCC1CC2. The van der Waals surface area contributed by atoms with Crippen LogP contribution in [0.4, 0.5) is 0 Å². The van der Waals surface area contributed by atoms with Gasteiger partial charge in [0.05, 0.1) is 0 Å². The number of rotatable bonds is 6. The van der Waals surface area contributed by atoms with Crippen LogP contribution in [0.5, 0.6) is 11.5 Å². The Morgan fingerprint density at radius 2 is 1.63 bits per heavy atom. The van der Waals surface area contributed by atoms with Crippen LogP contribution in [0.1, 0.15) is 24.8 Å². The van der Waals surface area contributed by atoms with Gasteiger partial charge in [-0.25, -0.2) is 0 Å². The zero-order valence-corrected chi connectivity index (χ0v) is 15.5. The Balaban J connectivity index is 1.37. The monoisotopic (exact) mass is 366 g/mol. The number of nitrogens with zero attached hydrogens (tertiary/aromatic N) is 1. The van der Waals surface area contributed by atoms with Gasteiger partial charge in [0.1, 0.15) is 6.61 Å². The number of benzene rings is 2. The van der Waals surface area contributed by atoms with Crippen LogP contribution in [-0.4, -0.2) is 42.6 Å². The molecule has 0 radical (unpaired) electrons. The molecule has 2 unspecified atom stereocenters. The third kappa shape index (κ3) is 4.25. The molecule has 2 heterocycles. The lowest BCUT2D eigenvalue weighted by Gasteiger charge is -2.28. The predicted octanol–water partition coefficient (Wildman–Crippen LogP) is 3.00. The molecule has 2 aliphatic heterocycles. The van der Waals surface area contributed by atoms with Gasteiger partial charge in [-0.15, -0.1) is 0 Å².